The Hall–Kier alpha value is -3.26. The summed E-state index contributed by atoms with van der Waals surface area (Å²) in [6.07, 6.45) is 1.40. The molecule has 0 saturated carbocycles. The second-order valence-electron chi connectivity index (χ2n) is 6.44. The van der Waals surface area contributed by atoms with Crippen LogP contribution in [0.1, 0.15) is 15.9 Å². The molecular weight excluding hydrogens is 491 g/mol. The number of halogens is 3. The van der Waals surface area contributed by atoms with Gasteiger partial charge in [-0.15, -0.1) is 0 Å². The van der Waals surface area contributed by atoms with E-state index in [0.717, 1.165) is 0 Å². The lowest BCUT2D eigenvalue weighted by Gasteiger charge is -2.10. The van der Waals surface area contributed by atoms with Gasteiger partial charge in [-0.25, -0.2) is 10.2 Å². The van der Waals surface area contributed by atoms with Gasteiger partial charge in [-0.3, -0.25) is 4.79 Å². The van der Waals surface area contributed by atoms with Gasteiger partial charge in [0.2, 0.25) is 0 Å². The molecule has 0 aliphatic heterocycles. The standard InChI is InChI=1S/C23H17Cl3N2O5/c1-31-21-10-14(6-8-20(21)33-23(30)16-4-2-3-5-17(16)25)12-27-28-22(29)13-32-19-9-7-15(24)11-18(19)26/h2-12H,13H2,1H3,(H,28,29). The van der Waals surface area contributed by atoms with Crippen LogP contribution in [0.4, 0.5) is 0 Å². The number of benzene rings is 3. The van der Waals surface area contributed by atoms with Crippen LogP contribution in [-0.2, 0) is 4.79 Å². The van der Waals surface area contributed by atoms with Gasteiger partial charge in [0.25, 0.3) is 5.91 Å². The quantitative estimate of drug-likeness (QED) is 0.191. The van der Waals surface area contributed by atoms with E-state index in [9.17, 15) is 9.59 Å². The molecule has 10 heteroatoms. The minimum absolute atomic E-state index is 0.205. The smallest absolute Gasteiger partial charge is 0.345 e. The molecule has 0 bridgehead atoms. The first-order valence-electron chi connectivity index (χ1n) is 9.42. The van der Waals surface area contributed by atoms with Crippen molar-refractivity contribution in [2.45, 2.75) is 0 Å². The third-order valence-electron chi connectivity index (χ3n) is 4.14. The Balaban J connectivity index is 1.58. The van der Waals surface area contributed by atoms with Crippen LogP contribution in [-0.4, -0.2) is 31.8 Å². The largest absolute Gasteiger partial charge is 0.493 e. The van der Waals surface area contributed by atoms with E-state index in [-0.39, 0.29) is 22.9 Å². The van der Waals surface area contributed by atoms with Gasteiger partial charge < -0.3 is 14.2 Å². The zero-order valence-electron chi connectivity index (χ0n) is 17.2. The third-order valence-corrected chi connectivity index (χ3v) is 5.00. The number of hydrazone groups is 1. The summed E-state index contributed by atoms with van der Waals surface area (Å²) in [5, 5.41) is 4.91. The van der Waals surface area contributed by atoms with Gasteiger partial charge in [0.1, 0.15) is 5.75 Å². The first kappa shape index (κ1) is 24.4. The number of methoxy groups -OCH3 is 1. The molecule has 0 aromatic heterocycles. The van der Waals surface area contributed by atoms with E-state index in [1.807, 2.05) is 0 Å². The van der Waals surface area contributed by atoms with E-state index in [4.69, 9.17) is 49.0 Å². The Morgan fingerprint density at radius 1 is 0.939 bits per heavy atom. The molecule has 0 atom stereocenters. The van der Waals surface area contributed by atoms with Crippen molar-refractivity contribution in [2.24, 2.45) is 5.10 Å². The highest BCUT2D eigenvalue weighted by Gasteiger charge is 2.15. The second-order valence-corrected chi connectivity index (χ2v) is 7.69. The maximum Gasteiger partial charge on any atom is 0.345 e. The molecule has 7 nitrogen and oxygen atoms in total. The molecule has 3 aromatic carbocycles. The van der Waals surface area contributed by atoms with E-state index in [1.165, 1.54) is 19.4 Å². The topological polar surface area (TPSA) is 86.2 Å². The average Bonchev–Trinajstić information content (AvgIpc) is 2.79. The van der Waals surface area contributed by atoms with Gasteiger partial charge in [0.05, 0.1) is 28.9 Å². The molecule has 3 rings (SSSR count). The van der Waals surface area contributed by atoms with Crippen LogP contribution in [0.5, 0.6) is 17.2 Å². The van der Waals surface area contributed by atoms with Gasteiger partial charge in [-0.05, 0) is 54.1 Å². The summed E-state index contributed by atoms with van der Waals surface area (Å²) in [7, 11) is 1.43. The summed E-state index contributed by atoms with van der Waals surface area (Å²) >= 11 is 17.8. The minimum atomic E-state index is -0.617. The first-order chi connectivity index (χ1) is 15.9. The number of ether oxygens (including phenoxy) is 3. The average molecular weight is 508 g/mol. The van der Waals surface area contributed by atoms with Crippen molar-refractivity contribution in [3.63, 3.8) is 0 Å². The maximum atomic E-state index is 12.4. The summed E-state index contributed by atoms with van der Waals surface area (Å²) in [6.45, 7) is -0.293. The summed E-state index contributed by atoms with van der Waals surface area (Å²) in [6, 6.07) is 16.0. The molecule has 0 heterocycles. The number of carbonyl (C=O) groups excluding carboxylic acids is 2. The molecule has 1 amide bonds. The molecule has 0 radical (unpaired) electrons. The molecule has 1 N–H and O–H groups in total. The molecule has 0 unspecified atom stereocenters. The molecule has 33 heavy (non-hydrogen) atoms. The van der Waals surface area contributed by atoms with Crippen LogP contribution in [0.3, 0.4) is 0 Å². The van der Waals surface area contributed by atoms with Crippen molar-refractivity contribution in [1.29, 1.82) is 0 Å². The van der Waals surface area contributed by atoms with Crippen molar-refractivity contribution in [1.82, 2.24) is 5.43 Å². The summed E-state index contributed by atoms with van der Waals surface area (Å²) < 4.78 is 16.0. The van der Waals surface area contributed by atoms with Crippen LogP contribution in [0.2, 0.25) is 15.1 Å². The van der Waals surface area contributed by atoms with Crippen LogP contribution in [0.15, 0.2) is 65.8 Å². The highest BCUT2D eigenvalue weighted by atomic mass is 35.5. The normalized spacial score (nSPS) is 10.7. The Bertz CT molecular complexity index is 1200. The van der Waals surface area contributed by atoms with Crippen LogP contribution < -0.4 is 19.6 Å². The lowest BCUT2D eigenvalue weighted by atomic mass is 10.2. The molecule has 0 spiro atoms. The number of carbonyl (C=O) groups is 2. The van der Waals surface area contributed by atoms with E-state index in [0.29, 0.717) is 27.1 Å². The SMILES string of the molecule is COc1cc(C=NNC(=O)COc2ccc(Cl)cc2Cl)ccc1OC(=O)c1ccccc1Cl. The predicted octanol–water partition coefficient (Wildman–Crippen LogP) is 5.40. The number of hydrogen-bond acceptors (Lipinski definition) is 6. The fourth-order valence-electron chi connectivity index (χ4n) is 2.58. The molecule has 0 fully saturated rings. The maximum absolute atomic E-state index is 12.4. The highest BCUT2D eigenvalue weighted by molar-refractivity contribution is 6.35. The van der Waals surface area contributed by atoms with Crippen molar-refractivity contribution in [3.05, 3.63) is 86.9 Å². The Labute approximate surface area is 204 Å². The summed E-state index contributed by atoms with van der Waals surface area (Å²) in [5.41, 5.74) is 3.16. The van der Waals surface area contributed by atoms with Crippen molar-refractivity contribution in [2.75, 3.05) is 13.7 Å². The van der Waals surface area contributed by atoms with Crippen molar-refractivity contribution >= 4 is 52.9 Å². The van der Waals surface area contributed by atoms with E-state index in [2.05, 4.69) is 10.5 Å². The number of hydrogen-bond donors (Lipinski definition) is 1. The number of esters is 1. The molecule has 0 aliphatic carbocycles. The van der Waals surface area contributed by atoms with E-state index >= 15 is 0 Å². The zero-order valence-corrected chi connectivity index (χ0v) is 19.4. The fourth-order valence-corrected chi connectivity index (χ4v) is 3.25. The van der Waals surface area contributed by atoms with Crippen molar-refractivity contribution < 1.29 is 23.8 Å². The highest BCUT2D eigenvalue weighted by Crippen LogP contribution is 2.29. The molecule has 0 aliphatic rings. The van der Waals surface area contributed by atoms with E-state index in [1.54, 1.807) is 54.6 Å². The fraction of sp³-hybridized carbons (Fsp3) is 0.0870. The molecular formula is C23H17Cl3N2O5. The molecule has 0 saturated heterocycles. The number of nitrogens with zero attached hydrogens (tertiary/aromatic N) is 1. The van der Waals surface area contributed by atoms with Gasteiger partial charge in [-0.2, -0.15) is 5.10 Å². The molecule has 170 valence electrons. The molecule has 3 aromatic rings. The summed E-state index contributed by atoms with van der Waals surface area (Å²) in [4.78, 5) is 24.3. The van der Waals surface area contributed by atoms with Crippen LogP contribution in [0.25, 0.3) is 0 Å². The Morgan fingerprint density at radius 3 is 2.42 bits per heavy atom. The van der Waals surface area contributed by atoms with Gasteiger partial charge in [0, 0.05) is 5.02 Å². The lowest BCUT2D eigenvalue weighted by molar-refractivity contribution is -0.123. The second kappa shape index (κ2) is 11.6. The van der Waals surface area contributed by atoms with Crippen LogP contribution >= 0.6 is 34.8 Å². The number of amides is 1. The zero-order chi connectivity index (χ0) is 23.8. The van der Waals surface area contributed by atoms with Gasteiger partial charge >= 0.3 is 5.97 Å². The monoisotopic (exact) mass is 506 g/mol. The van der Waals surface area contributed by atoms with Crippen LogP contribution in [0, 0.1) is 0 Å². The number of rotatable bonds is 8. The predicted molar refractivity (Wildman–Crippen MR) is 127 cm³/mol. The third kappa shape index (κ3) is 6.86. The Kier molecular flexibility index (Phi) is 8.54. The lowest BCUT2D eigenvalue weighted by Crippen LogP contribution is -2.24. The number of nitrogens with one attached hydrogen (secondary N) is 1. The van der Waals surface area contributed by atoms with E-state index < -0.39 is 11.9 Å². The van der Waals surface area contributed by atoms with Crippen molar-refractivity contribution in [3.8, 4) is 17.2 Å². The summed E-state index contributed by atoms with van der Waals surface area (Å²) in [5.74, 6) is -0.280. The first-order valence-corrected chi connectivity index (χ1v) is 10.5. The Morgan fingerprint density at radius 2 is 1.70 bits per heavy atom. The van der Waals surface area contributed by atoms with Gasteiger partial charge in [-0.1, -0.05) is 46.9 Å². The minimum Gasteiger partial charge on any atom is -0.493 e. The van der Waals surface area contributed by atoms with Gasteiger partial charge in [0.15, 0.2) is 18.1 Å².